The van der Waals surface area contributed by atoms with Gasteiger partial charge in [0.2, 0.25) is 5.91 Å². The summed E-state index contributed by atoms with van der Waals surface area (Å²) in [5, 5.41) is 4.66. The summed E-state index contributed by atoms with van der Waals surface area (Å²) >= 11 is 7.25. The summed E-state index contributed by atoms with van der Waals surface area (Å²) in [5.41, 5.74) is 3.30. The van der Waals surface area contributed by atoms with Gasteiger partial charge in [-0.1, -0.05) is 24.3 Å². The van der Waals surface area contributed by atoms with Crippen LogP contribution in [-0.4, -0.2) is 31.1 Å². The largest absolute Gasteiger partial charge is 0.490 e. The summed E-state index contributed by atoms with van der Waals surface area (Å²) in [5.74, 6) is 1.32. The molecule has 0 aromatic heterocycles. The number of amides is 1. The first kappa shape index (κ1) is 20.9. The second-order valence-corrected chi connectivity index (χ2v) is 6.76. The maximum Gasteiger partial charge on any atom is 0.250 e. The summed E-state index contributed by atoms with van der Waals surface area (Å²) in [4.78, 5) is 12.9. The minimum Gasteiger partial charge on any atom is -0.490 e. The maximum atomic E-state index is 11.9. The molecule has 2 aromatic carbocycles. The van der Waals surface area contributed by atoms with Gasteiger partial charge in [0.1, 0.15) is 6.61 Å². The fraction of sp³-hybridized carbons (Fsp3) is 0.200. The van der Waals surface area contributed by atoms with Crippen LogP contribution in [0.25, 0.3) is 0 Å². The molecule has 5 nitrogen and oxygen atoms in total. The van der Waals surface area contributed by atoms with Gasteiger partial charge in [0.15, 0.2) is 11.5 Å². The molecule has 1 N–H and O–H groups in total. The minimum absolute atomic E-state index is 0.192. The van der Waals surface area contributed by atoms with Crippen LogP contribution in [-0.2, 0) is 4.79 Å². The lowest BCUT2D eigenvalue weighted by atomic mass is 10.2. The number of hydrazone groups is 1. The summed E-state index contributed by atoms with van der Waals surface area (Å²) in [7, 11) is 0. The van der Waals surface area contributed by atoms with Gasteiger partial charge >= 0.3 is 0 Å². The average molecular weight is 405 g/mol. The van der Waals surface area contributed by atoms with Gasteiger partial charge in [-0.3, -0.25) is 4.79 Å². The fourth-order valence-corrected chi connectivity index (χ4v) is 2.85. The molecule has 0 saturated heterocycles. The van der Waals surface area contributed by atoms with Crippen molar-refractivity contribution in [3.05, 3.63) is 65.7 Å². The molecular formula is C20H21ClN2O3S. The first-order valence-electron chi connectivity index (χ1n) is 8.33. The first-order chi connectivity index (χ1) is 13.1. The van der Waals surface area contributed by atoms with Crippen molar-refractivity contribution in [1.29, 1.82) is 0 Å². The van der Waals surface area contributed by atoms with Gasteiger partial charge in [-0.2, -0.15) is 5.10 Å². The van der Waals surface area contributed by atoms with Crippen LogP contribution in [0.3, 0.4) is 0 Å². The molecule has 0 heterocycles. The van der Waals surface area contributed by atoms with Crippen molar-refractivity contribution in [2.45, 2.75) is 11.8 Å². The number of halogens is 1. The highest BCUT2D eigenvalue weighted by Crippen LogP contribution is 2.28. The van der Waals surface area contributed by atoms with Gasteiger partial charge in [0.05, 0.1) is 18.6 Å². The molecule has 27 heavy (non-hydrogen) atoms. The number of rotatable bonds is 10. The Kier molecular flexibility index (Phi) is 8.74. The highest BCUT2D eigenvalue weighted by molar-refractivity contribution is 8.00. The topological polar surface area (TPSA) is 59.9 Å². The van der Waals surface area contributed by atoms with Crippen molar-refractivity contribution < 1.29 is 14.3 Å². The van der Waals surface area contributed by atoms with E-state index in [1.54, 1.807) is 36.6 Å². The predicted molar refractivity (Wildman–Crippen MR) is 111 cm³/mol. The Labute approximate surface area is 168 Å². The molecular weight excluding hydrogens is 384 g/mol. The summed E-state index contributed by atoms with van der Waals surface area (Å²) in [6, 6.07) is 12.8. The quantitative estimate of drug-likeness (QED) is 0.273. The molecule has 0 saturated carbocycles. The molecule has 0 aliphatic heterocycles. The number of nitrogens with one attached hydrogen (secondary N) is 1. The molecule has 0 aliphatic rings. The van der Waals surface area contributed by atoms with Gasteiger partial charge in [0, 0.05) is 9.92 Å². The fourth-order valence-electron chi connectivity index (χ4n) is 2.03. The summed E-state index contributed by atoms with van der Waals surface area (Å²) in [6.07, 6.45) is 3.23. The number of ether oxygens (including phenoxy) is 2. The molecule has 7 heteroatoms. The van der Waals surface area contributed by atoms with E-state index in [-0.39, 0.29) is 11.7 Å². The number of hydrogen-bond donors (Lipinski definition) is 1. The first-order valence-corrected chi connectivity index (χ1v) is 9.69. The molecule has 2 aromatic rings. The van der Waals surface area contributed by atoms with E-state index < -0.39 is 0 Å². The van der Waals surface area contributed by atoms with Crippen molar-refractivity contribution in [3.8, 4) is 11.5 Å². The van der Waals surface area contributed by atoms with Crippen LogP contribution in [0.1, 0.15) is 12.5 Å². The molecule has 0 radical (unpaired) electrons. The highest BCUT2D eigenvalue weighted by atomic mass is 35.5. The number of nitrogens with zero attached hydrogens (tertiary/aromatic N) is 1. The normalized spacial score (nSPS) is 10.6. The monoisotopic (exact) mass is 404 g/mol. The number of benzene rings is 2. The van der Waals surface area contributed by atoms with Crippen LogP contribution in [0.5, 0.6) is 11.5 Å². The Morgan fingerprint density at radius 2 is 2.00 bits per heavy atom. The van der Waals surface area contributed by atoms with Crippen molar-refractivity contribution in [1.82, 2.24) is 5.43 Å². The lowest BCUT2D eigenvalue weighted by Gasteiger charge is -2.11. The van der Waals surface area contributed by atoms with E-state index >= 15 is 0 Å². The van der Waals surface area contributed by atoms with Gasteiger partial charge in [-0.05, 0) is 55.0 Å². The smallest absolute Gasteiger partial charge is 0.250 e. The van der Waals surface area contributed by atoms with Crippen LogP contribution in [0.15, 0.2) is 65.1 Å². The standard InChI is InChI=1S/C20H21ClN2O3S/c1-3-11-26-18-10-5-15(12-19(18)25-4-2)13-22-23-20(24)14-27-17-8-6-16(21)7-9-17/h3,5-10,12-13H,1,4,11,14H2,2H3,(H,23,24)/b22-13+. The van der Waals surface area contributed by atoms with E-state index in [1.165, 1.54) is 11.8 Å². The molecule has 2 rings (SSSR count). The molecule has 0 spiro atoms. The van der Waals surface area contributed by atoms with Crippen LogP contribution in [0.4, 0.5) is 0 Å². The predicted octanol–water partition coefficient (Wildman–Crippen LogP) is 4.55. The molecule has 0 aliphatic carbocycles. The summed E-state index contributed by atoms with van der Waals surface area (Å²) < 4.78 is 11.1. The number of carbonyl (C=O) groups excluding carboxylic acids is 1. The van der Waals surface area contributed by atoms with Crippen LogP contribution in [0.2, 0.25) is 5.02 Å². The molecule has 0 unspecified atom stereocenters. The third-order valence-corrected chi connectivity index (χ3v) is 4.47. The van der Waals surface area contributed by atoms with Crippen molar-refractivity contribution in [2.75, 3.05) is 19.0 Å². The van der Waals surface area contributed by atoms with Gasteiger partial charge in [-0.25, -0.2) is 5.43 Å². The Morgan fingerprint density at radius 3 is 2.70 bits per heavy atom. The van der Waals surface area contributed by atoms with Gasteiger partial charge in [0.25, 0.3) is 0 Å². The van der Waals surface area contributed by atoms with Crippen LogP contribution >= 0.6 is 23.4 Å². The molecule has 0 atom stereocenters. The number of thioether (sulfide) groups is 1. The maximum absolute atomic E-state index is 11.9. The number of carbonyl (C=O) groups is 1. The van der Waals surface area contributed by atoms with Crippen molar-refractivity contribution >= 4 is 35.5 Å². The lowest BCUT2D eigenvalue weighted by molar-refractivity contribution is -0.118. The van der Waals surface area contributed by atoms with Gasteiger partial charge < -0.3 is 9.47 Å². The van der Waals surface area contributed by atoms with E-state index in [9.17, 15) is 4.79 Å². The highest BCUT2D eigenvalue weighted by Gasteiger charge is 2.06. The number of hydrogen-bond acceptors (Lipinski definition) is 5. The molecule has 1 amide bonds. The zero-order valence-corrected chi connectivity index (χ0v) is 16.6. The van der Waals surface area contributed by atoms with E-state index in [0.717, 1.165) is 10.5 Å². The van der Waals surface area contributed by atoms with E-state index in [2.05, 4.69) is 17.1 Å². The average Bonchev–Trinajstić information content (AvgIpc) is 2.67. The lowest BCUT2D eigenvalue weighted by Crippen LogP contribution is -2.19. The minimum atomic E-state index is -0.192. The van der Waals surface area contributed by atoms with E-state index in [0.29, 0.717) is 29.7 Å². The Morgan fingerprint density at radius 1 is 1.22 bits per heavy atom. The Hall–Kier alpha value is -2.44. The van der Waals surface area contributed by atoms with Crippen molar-refractivity contribution in [2.24, 2.45) is 5.10 Å². The third-order valence-electron chi connectivity index (χ3n) is 3.21. The molecule has 0 bridgehead atoms. The zero-order valence-electron chi connectivity index (χ0n) is 15.0. The van der Waals surface area contributed by atoms with Crippen LogP contribution < -0.4 is 14.9 Å². The Balaban J connectivity index is 1.88. The summed E-state index contributed by atoms with van der Waals surface area (Å²) in [6.45, 7) is 6.44. The molecule has 142 valence electrons. The second-order valence-electron chi connectivity index (χ2n) is 5.27. The molecule has 0 fully saturated rings. The third kappa shape index (κ3) is 7.37. The SMILES string of the molecule is C=CCOc1ccc(/C=N/NC(=O)CSc2ccc(Cl)cc2)cc1OCC. The zero-order chi connectivity index (χ0) is 19.5. The van der Waals surface area contributed by atoms with E-state index in [4.69, 9.17) is 21.1 Å². The van der Waals surface area contributed by atoms with E-state index in [1.807, 2.05) is 25.1 Å². The Bertz CT molecular complexity index is 794. The van der Waals surface area contributed by atoms with Crippen LogP contribution in [0, 0.1) is 0 Å². The van der Waals surface area contributed by atoms with Crippen molar-refractivity contribution in [3.63, 3.8) is 0 Å². The second kappa shape index (κ2) is 11.3. The van der Waals surface area contributed by atoms with Gasteiger partial charge in [-0.15, -0.1) is 11.8 Å².